The minimum absolute atomic E-state index is 0.0185. The Hall–Kier alpha value is -3.70. The van der Waals surface area contributed by atoms with E-state index < -0.39 is 5.41 Å². The smallest absolute Gasteiger partial charge is 0.333 e. The number of fused-ring (bicyclic) bond motifs is 2. The predicted molar refractivity (Wildman–Crippen MR) is 278 cm³/mol. The molecule has 4 saturated heterocycles. The van der Waals surface area contributed by atoms with Gasteiger partial charge in [-0.05, 0) is 243 Å². The zero-order chi connectivity index (χ0) is 53.4. The molecule has 4 heterocycles. The predicted octanol–water partition coefficient (Wildman–Crippen LogP) is 12.0. The van der Waals surface area contributed by atoms with Gasteiger partial charge in [0.2, 0.25) is 0 Å². The second-order valence-electron chi connectivity index (χ2n) is 28.0. The van der Waals surface area contributed by atoms with Crippen LogP contribution in [0.3, 0.4) is 0 Å². The van der Waals surface area contributed by atoms with Gasteiger partial charge < -0.3 is 28.4 Å². The lowest BCUT2D eigenvalue weighted by Crippen LogP contribution is -2.58. The molecule has 16 fully saturated rings. The van der Waals surface area contributed by atoms with Crippen LogP contribution in [0.25, 0.3) is 0 Å². The van der Waals surface area contributed by atoms with Crippen molar-refractivity contribution in [2.24, 2.45) is 93.7 Å². The monoisotopic (exact) mass is 1030 g/mol. The summed E-state index contributed by atoms with van der Waals surface area (Å²) in [6.07, 6.45) is 21.2. The highest BCUT2D eigenvalue weighted by atomic mass is 16.6. The lowest BCUT2D eigenvalue weighted by Gasteiger charge is -2.59. The van der Waals surface area contributed by atoms with Gasteiger partial charge in [-0.15, -0.1) is 0 Å². The molecule has 74 heavy (non-hydrogen) atoms. The van der Waals surface area contributed by atoms with Crippen LogP contribution < -0.4 is 0 Å². The fourth-order valence-electron chi connectivity index (χ4n) is 16.9. The van der Waals surface area contributed by atoms with E-state index >= 15 is 0 Å². The summed E-state index contributed by atoms with van der Waals surface area (Å²) in [4.78, 5) is 72.1. The van der Waals surface area contributed by atoms with Crippen LogP contribution in [0.1, 0.15) is 198 Å². The first-order chi connectivity index (χ1) is 34.8. The second-order valence-corrected chi connectivity index (χ2v) is 28.0. The first-order valence-electron chi connectivity index (χ1n) is 29.4. The quantitative estimate of drug-likeness (QED) is 0.116. The topological polar surface area (TPSA) is 158 Å². The lowest BCUT2D eigenvalue weighted by molar-refractivity contribution is -0.211. The first kappa shape index (κ1) is 55.1. The van der Waals surface area contributed by atoms with Crippen LogP contribution in [-0.2, 0) is 57.2 Å². The van der Waals surface area contributed by atoms with E-state index in [1.54, 1.807) is 13.8 Å². The van der Waals surface area contributed by atoms with Gasteiger partial charge in [-0.1, -0.05) is 27.0 Å². The summed E-state index contributed by atoms with van der Waals surface area (Å²) in [7, 11) is 0. The van der Waals surface area contributed by atoms with E-state index in [4.69, 9.17) is 28.4 Å². The van der Waals surface area contributed by atoms with Crippen LogP contribution in [0.15, 0.2) is 24.3 Å². The molecular weight excluding hydrogens is 937 g/mol. The molecule has 0 aromatic carbocycles. The maximum absolute atomic E-state index is 12.5. The number of carbonyl (C=O) groups excluding carboxylic acids is 6. The molecule has 16 bridgehead atoms. The van der Waals surface area contributed by atoms with Gasteiger partial charge in [-0.3, -0.25) is 19.2 Å². The Labute approximate surface area is 442 Å². The molecule has 12 heteroatoms. The summed E-state index contributed by atoms with van der Waals surface area (Å²) in [5, 5.41) is 0. The van der Waals surface area contributed by atoms with Crippen molar-refractivity contribution in [2.75, 3.05) is 0 Å². The molecule has 12 nitrogen and oxygen atoms in total. The summed E-state index contributed by atoms with van der Waals surface area (Å²) in [5.74, 6) is 7.02. The minimum Gasteiger partial charge on any atom is -0.458 e. The van der Waals surface area contributed by atoms with E-state index in [2.05, 4.69) is 33.9 Å². The molecule has 0 N–H and O–H groups in total. The SMILES string of the molecule is C=C(C)C(=O)OC1(C)C2CC3CC(C2)CC1C3.C=C(C)C(=O)OC1C2CC3CC(C2)C(=O)OC1C3.CCC(C)(C)C(=O)OC1(C)C2CC3CC(C2)CC1C3.CCC(C)(C)C(=O)OC1C2CC3CC(C2)C(=O)OC1C3. The van der Waals surface area contributed by atoms with Crippen molar-refractivity contribution in [1.29, 1.82) is 0 Å². The number of hydrogen-bond donors (Lipinski definition) is 0. The largest absolute Gasteiger partial charge is 0.458 e. The van der Waals surface area contributed by atoms with Crippen LogP contribution >= 0.6 is 0 Å². The normalized spacial score (nSPS) is 42.8. The standard InChI is InChI=1S/C17H28O2.C16H24O4.C15H22O2.C14H18O4/c1-5-16(2,3)15(18)19-17(4)13-7-11-6-12(9-13)10-14(17)8-11;1-4-16(2,3)15(18)20-13-10-5-9-6-11(8-10)14(17)19-12(13)7-9;1-9(2)14(16)17-15(3)12-5-10-4-11(7-12)8-13(15)6-10;1-7(2)13(15)18-12-9-3-8-4-10(6-9)14(16)17-11(12)5-8/h11-14H,5-10H2,1-4H3;9-13H,4-8H2,1-3H3;10-13H,1,4-8H2,2-3H3;8-12H,1,3-6H2,2H3. The highest BCUT2D eigenvalue weighted by Gasteiger charge is 2.59. The number of carbonyl (C=O) groups is 6. The van der Waals surface area contributed by atoms with Crippen molar-refractivity contribution in [3.05, 3.63) is 24.3 Å². The highest BCUT2D eigenvalue weighted by molar-refractivity contribution is 5.87. The van der Waals surface area contributed by atoms with Crippen LogP contribution in [0.5, 0.6) is 0 Å². The summed E-state index contributed by atoms with van der Waals surface area (Å²) in [6, 6.07) is 0. The number of rotatable bonds is 10. The fourth-order valence-corrected chi connectivity index (χ4v) is 16.9. The third-order valence-electron chi connectivity index (χ3n) is 21.9. The maximum Gasteiger partial charge on any atom is 0.333 e. The molecule has 412 valence electrons. The van der Waals surface area contributed by atoms with Crippen LogP contribution in [-0.4, -0.2) is 71.4 Å². The number of ether oxygens (including phenoxy) is 6. The summed E-state index contributed by atoms with van der Waals surface area (Å²) < 4.78 is 34.3. The second kappa shape index (κ2) is 20.9. The van der Waals surface area contributed by atoms with Crippen molar-refractivity contribution < 1.29 is 57.2 Å². The van der Waals surface area contributed by atoms with Gasteiger partial charge in [0.1, 0.15) is 35.6 Å². The molecule has 0 radical (unpaired) electrons. The molecule has 12 aliphatic carbocycles. The maximum atomic E-state index is 12.5. The van der Waals surface area contributed by atoms with Gasteiger partial charge in [0.25, 0.3) is 0 Å². The molecule has 0 spiro atoms. The van der Waals surface area contributed by atoms with E-state index in [-0.39, 0.29) is 94.6 Å². The van der Waals surface area contributed by atoms with E-state index in [1.165, 1.54) is 64.2 Å². The van der Waals surface area contributed by atoms with E-state index in [9.17, 15) is 28.8 Å². The van der Waals surface area contributed by atoms with E-state index in [0.717, 1.165) is 87.9 Å². The van der Waals surface area contributed by atoms with Crippen molar-refractivity contribution >= 4 is 35.8 Å². The van der Waals surface area contributed by atoms with Gasteiger partial charge in [0.05, 0.1) is 22.7 Å². The summed E-state index contributed by atoms with van der Waals surface area (Å²) in [5.41, 5.74) is -0.250. The molecule has 16 rings (SSSR count). The third-order valence-corrected chi connectivity index (χ3v) is 21.9. The van der Waals surface area contributed by atoms with Gasteiger partial charge in [0.15, 0.2) is 0 Å². The van der Waals surface area contributed by atoms with Gasteiger partial charge in [-0.2, -0.15) is 0 Å². The van der Waals surface area contributed by atoms with Crippen molar-refractivity contribution in [3.63, 3.8) is 0 Å². The molecular formula is C62H92O12. The van der Waals surface area contributed by atoms with Crippen molar-refractivity contribution in [1.82, 2.24) is 0 Å². The molecule has 0 aromatic rings. The van der Waals surface area contributed by atoms with Gasteiger partial charge in [0, 0.05) is 23.0 Å². The lowest BCUT2D eigenvalue weighted by atomic mass is 9.50. The first-order valence-corrected chi connectivity index (χ1v) is 29.4. The Kier molecular flexibility index (Phi) is 15.6. The molecule has 0 amide bonds. The molecule has 0 aromatic heterocycles. The minimum atomic E-state index is -0.465. The van der Waals surface area contributed by atoms with Gasteiger partial charge >= 0.3 is 35.8 Å². The summed E-state index contributed by atoms with van der Waals surface area (Å²) >= 11 is 0. The highest BCUT2D eigenvalue weighted by Crippen LogP contribution is 2.61. The molecule has 4 aliphatic heterocycles. The number of esters is 6. The summed E-state index contributed by atoms with van der Waals surface area (Å²) in [6.45, 7) is 27.0. The third kappa shape index (κ3) is 10.9. The Bertz CT molecular complexity index is 2150. The Morgan fingerprint density at radius 1 is 0.486 bits per heavy atom. The zero-order valence-corrected chi connectivity index (χ0v) is 46.8. The molecule has 10 atom stereocenters. The van der Waals surface area contributed by atoms with E-state index in [0.29, 0.717) is 52.6 Å². The van der Waals surface area contributed by atoms with Crippen molar-refractivity contribution in [3.8, 4) is 0 Å². The Morgan fingerprint density at radius 2 is 0.838 bits per heavy atom. The van der Waals surface area contributed by atoms with E-state index in [1.807, 2.05) is 34.6 Å². The Morgan fingerprint density at radius 3 is 1.22 bits per heavy atom. The fraction of sp³-hybridized carbons (Fsp3) is 0.839. The Balaban J connectivity index is 0.000000121. The zero-order valence-electron chi connectivity index (χ0n) is 46.8. The molecule has 16 aliphatic rings. The van der Waals surface area contributed by atoms with Crippen LogP contribution in [0.4, 0.5) is 0 Å². The van der Waals surface area contributed by atoms with Gasteiger partial charge in [-0.25, -0.2) is 9.59 Å². The molecule has 10 unspecified atom stereocenters. The average molecular weight is 1030 g/mol. The van der Waals surface area contributed by atoms with Crippen LogP contribution in [0.2, 0.25) is 0 Å². The van der Waals surface area contributed by atoms with Crippen molar-refractivity contribution in [2.45, 2.75) is 233 Å². The average Bonchev–Trinajstić information content (AvgIpc) is 3.61. The van der Waals surface area contributed by atoms with Crippen LogP contribution in [0, 0.1) is 93.7 Å². The number of hydrogen-bond acceptors (Lipinski definition) is 12. The molecule has 12 saturated carbocycles.